The molecule has 0 saturated heterocycles. The lowest BCUT2D eigenvalue weighted by atomic mass is 9.87. The van der Waals surface area contributed by atoms with Gasteiger partial charge in [0.15, 0.2) is 0 Å². The van der Waals surface area contributed by atoms with E-state index in [1.54, 1.807) is 0 Å². The van der Waals surface area contributed by atoms with Crippen LogP contribution < -0.4 is 11.1 Å². The largest absolute Gasteiger partial charge is 0.399 e. The van der Waals surface area contributed by atoms with Crippen molar-refractivity contribution >= 4 is 17.1 Å². The summed E-state index contributed by atoms with van der Waals surface area (Å²) < 4.78 is 0. The Morgan fingerprint density at radius 2 is 1.56 bits per heavy atom. The van der Waals surface area contributed by atoms with Gasteiger partial charge < -0.3 is 11.1 Å². The van der Waals surface area contributed by atoms with Crippen molar-refractivity contribution in [1.82, 2.24) is 0 Å². The van der Waals surface area contributed by atoms with Gasteiger partial charge in [-0.2, -0.15) is 0 Å². The summed E-state index contributed by atoms with van der Waals surface area (Å²) >= 11 is 0. The molecule has 2 rings (SSSR count). The van der Waals surface area contributed by atoms with Crippen molar-refractivity contribution in [3.63, 3.8) is 0 Å². The second-order valence-electron chi connectivity index (χ2n) is 5.58. The zero-order valence-corrected chi connectivity index (χ0v) is 11.2. The number of nitrogens with one attached hydrogen (secondary N) is 1. The van der Waals surface area contributed by atoms with E-state index < -0.39 is 0 Å². The predicted molar refractivity (Wildman–Crippen MR) is 79.3 cm³/mol. The molecule has 2 aromatic rings. The summed E-state index contributed by atoms with van der Waals surface area (Å²) in [4.78, 5) is 0. The predicted octanol–water partition coefficient (Wildman–Crippen LogP) is 4.31. The zero-order chi connectivity index (χ0) is 13.2. The summed E-state index contributed by atoms with van der Waals surface area (Å²) in [6.45, 7) is 6.65. The molecule has 0 unspecified atom stereocenters. The monoisotopic (exact) mass is 240 g/mol. The van der Waals surface area contributed by atoms with Crippen molar-refractivity contribution < 1.29 is 0 Å². The van der Waals surface area contributed by atoms with Crippen LogP contribution in [0.25, 0.3) is 0 Å². The maximum absolute atomic E-state index is 5.67. The van der Waals surface area contributed by atoms with E-state index in [9.17, 15) is 0 Å². The van der Waals surface area contributed by atoms with Gasteiger partial charge in [-0.05, 0) is 47.4 Å². The minimum Gasteiger partial charge on any atom is -0.399 e. The summed E-state index contributed by atoms with van der Waals surface area (Å²) in [5.41, 5.74) is 10.1. The summed E-state index contributed by atoms with van der Waals surface area (Å²) in [5.74, 6) is 0. The minimum atomic E-state index is 0.165. The van der Waals surface area contributed by atoms with Crippen LogP contribution in [0.4, 0.5) is 17.1 Å². The van der Waals surface area contributed by atoms with E-state index in [1.807, 2.05) is 24.3 Å². The molecule has 0 heterocycles. The van der Waals surface area contributed by atoms with Crippen LogP contribution in [0.15, 0.2) is 48.5 Å². The molecular weight excluding hydrogens is 220 g/mol. The molecule has 94 valence electrons. The molecule has 2 aromatic carbocycles. The number of anilines is 3. The van der Waals surface area contributed by atoms with Gasteiger partial charge in [0, 0.05) is 17.1 Å². The third-order valence-electron chi connectivity index (χ3n) is 2.93. The molecule has 0 fully saturated rings. The fourth-order valence-electron chi connectivity index (χ4n) is 1.80. The van der Waals surface area contributed by atoms with Crippen molar-refractivity contribution in [1.29, 1.82) is 0 Å². The Labute approximate surface area is 109 Å². The highest BCUT2D eigenvalue weighted by Gasteiger charge is 2.13. The van der Waals surface area contributed by atoms with Crippen molar-refractivity contribution in [2.75, 3.05) is 11.1 Å². The zero-order valence-electron chi connectivity index (χ0n) is 11.2. The highest BCUT2D eigenvalue weighted by Crippen LogP contribution is 2.26. The van der Waals surface area contributed by atoms with E-state index in [1.165, 1.54) is 5.56 Å². The van der Waals surface area contributed by atoms with Crippen LogP contribution in [0.5, 0.6) is 0 Å². The number of rotatable bonds is 2. The van der Waals surface area contributed by atoms with Crippen molar-refractivity contribution in [2.45, 2.75) is 26.2 Å². The number of hydrogen-bond acceptors (Lipinski definition) is 2. The fraction of sp³-hybridized carbons (Fsp3) is 0.250. The Morgan fingerprint density at radius 1 is 0.889 bits per heavy atom. The molecule has 2 heteroatoms. The van der Waals surface area contributed by atoms with Gasteiger partial charge in [0.05, 0.1) is 0 Å². The first-order valence-electron chi connectivity index (χ1n) is 6.18. The Morgan fingerprint density at radius 3 is 2.17 bits per heavy atom. The summed E-state index contributed by atoms with van der Waals surface area (Å²) in [5, 5.41) is 3.39. The van der Waals surface area contributed by atoms with Crippen LogP contribution in [-0.2, 0) is 5.41 Å². The normalized spacial score (nSPS) is 11.3. The highest BCUT2D eigenvalue weighted by molar-refractivity contribution is 5.62. The number of nitrogens with two attached hydrogens (primary N) is 1. The summed E-state index contributed by atoms with van der Waals surface area (Å²) in [6, 6.07) is 16.3. The van der Waals surface area contributed by atoms with E-state index in [2.05, 4.69) is 50.4 Å². The van der Waals surface area contributed by atoms with Gasteiger partial charge >= 0.3 is 0 Å². The Hall–Kier alpha value is -1.96. The lowest BCUT2D eigenvalue weighted by molar-refractivity contribution is 0.590. The van der Waals surface area contributed by atoms with E-state index in [4.69, 9.17) is 5.73 Å². The number of hydrogen-bond donors (Lipinski definition) is 2. The molecule has 0 bridgehead atoms. The fourth-order valence-corrected chi connectivity index (χ4v) is 1.80. The Balaban J connectivity index is 2.22. The maximum atomic E-state index is 5.67. The highest BCUT2D eigenvalue weighted by atomic mass is 14.9. The second kappa shape index (κ2) is 4.73. The van der Waals surface area contributed by atoms with E-state index >= 15 is 0 Å². The van der Waals surface area contributed by atoms with Gasteiger partial charge in [-0.3, -0.25) is 0 Å². The average molecular weight is 240 g/mol. The lowest BCUT2D eigenvalue weighted by Gasteiger charge is -2.20. The molecule has 0 aliphatic rings. The standard InChI is InChI=1S/C16H20N2/c1-16(2,3)12-5-4-6-15(11-12)18-14-9-7-13(17)8-10-14/h4-11,18H,17H2,1-3H3. The van der Waals surface area contributed by atoms with Crippen molar-refractivity contribution in [3.8, 4) is 0 Å². The van der Waals surface area contributed by atoms with Crippen molar-refractivity contribution in [3.05, 3.63) is 54.1 Å². The molecule has 0 atom stereocenters. The average Bonchev–Trinajstić information content (AvgIpc) is 2.31. The van der Waals surface area contributed by atoms with Gasteiger partial charge in [-0.1, -0.05) is 32.9 Å². The molecule has 18 heavy (non-hydrogen) atoms. The quantitative estimate of drug-likeness (QED) is 0.768. The smallest absolute Gasteiger partial charge is 0.0387 e. The Kier molecular flexibility index (Phi) is 3.28. The van der Waals surface area contributed by atoms with Crippen LogP contribution >= 0.6 is 0 Å². The molecule has 0 aromatic heterocycles. The first-order chi connectivity index (χ1) is 8.45. The molecule has 0 aliphatic heterocycles. The third kappa shape index (κ3) is 3.04. The van der Waals surface area contributed by atoms with Crippen LogP contribution in [0.2, 0.25) is 0 Å². The van der Waals surface area contributed by atoms with Crippen LogP contribution in [-0.4, -0.2) is 0 Å². The third-order valence-corrected chi connectivity index (χ3v) is 2.93. The molecule has 3 N–H and O–H groups in total. The molecule has 0 aliphatic carbocycles. The van der Waals surface area contributed by atoms with E-state index in [-0.39, 0.29) is 5.41 Å². The SMILES string of the molecule is CC(C)(C)c1cccc(Nc2ccc(N)cc2)c1. The maximum Gasteiger partial charge on any atom is 0.0387 e. The number of nitrogen functional groups attached to an aromatic ring is 1. The number of benzene rings is 2. The van der Waals surface area contributed by atoms with Gasteiger partial charge in [0.2, 0.25) is 0 Å². The van der Waals surface area contributed by atoms with Gasteiger partial charge in [0.1, 0.15) is 0 Å². The van der Waals surface area contributed by atoms with Crippen LogP contribution in [0.1, 0.15) is 26.3 Å². The molecule has 0 saturated carbocycles. The molecule has 0 radical (unpaired) electrons. The Bertz CT molecular complexity index is 522. The van der Waals surface area contributed by atoms with Crippen molar-refractivity contribution in [2.24, 2.45) is 0 Å². The van der Waals surface area contributed by atoms with Gasteiger partial charge in [-0.15, -0.1) is 0 Å². The molecule has 0 amide bonds. The molecule has 0 spiro atoms. The minimum absolute atomic E-state index is 0.165. The van der Waals surface area contributed by atoms with Gasteiger partial charge in [-0.25, -0.2) is 0 Å². The summed E-state index contributed by atoms with van der Waals surface area (Å²) in [6.07, 6.45) is 0. The summed E-state index contributed by atoms with van der Waals surface area (Å²) in [7, 11) is 0. The van der Waals surface area contributed by atoms with Crippen LogP contribution in [0, 0.1) is 0 Å². The van der Waals surface area contributed by atoms with Crippen LogP contribution in [0.3, 0.4) is 0 Å². The first-order valence-corrected chi connectivity index (χ1v) is 6.18. The van der Waals surface area contributed by atoms with Gasteiger partial charge in [0.25, 0.3) is 0 Å². The second-order valence-corrected chi connectivity index (χ2v) is 5.58. The first kappa shape index (κ1) is 12.5. The molecule has 2 nitrogen and oxygen atoms in total. The molecular formula is C16H20N2. The van der Waals surface area contributed by atoms with E-state index in [0.29, 0.717) is 0 Å². The topological polar surface area (TPSA) is 38.0 Å². The van der Waals surface area contributed by atoms with E-state index in [0.717, 1.165) is 17.1 Å². The lowest BCUT2D eigenvalue weighted by Crippen LogP contribution is -2.11.